The number of fused-ring (bicyclic) bond motifs is 1. The Bertz CT molecular complexity index is 863. The summed E-state index contributed by atoms with van der Waals surface area (Å²) in [5.41, 5.74) is 2.90. The molecule has 1 aliphatic rings. The lowest BCUT2D eigenvalue weighted by molar-refractivity contribution is 0.599. The number of nitrogens with one attached hydrogen (secondary N) is 2. The van der Waals surface area contributed by atoms with Gasteiger partial charge in [-0.15, -0.1) is 24.0 Å². The fraction of sp³-hybridized carbons (Fsp3) is 0.500. The minimum Gasteiger partial charge on any atom is -0.357 e. The van der Waals surface area contributed by atoms with E-state index in [-0.39, 0.29) is 41.5 Å². The fourth-order valence-electron chi connectivity index (χ4n) is 2.86. The molecule has 0 saturated carbocycles. The summed E-state index contributed by atoms with van der Waals surface area (Å²) in [5, 5.41) is 6.37. The van der Waals surface area contributed by atoms with Gasteiger partial charge in [-0.1, -0.05) is 6.07 Å². The van der Waals surface area contributed by atoms with Crippen LogP contribution in [0.15, 0.2) is 29.4 Å². The van der Waals surface area contributed by atoms with E-state index < -0.39 is 9.84 Å². The molecule has 25 heavy (non-hydrogen) atoms. The number of aliphatic imine (C=N–C) groups is 1. The molecule has 3 heterocycles. The second kappa shape index (κ2) is 8.35. The van der Waals surface area contributed by atoms with Gasteiger partial charge in [0.2, 0.25) is 0 Å². The lowest BCUT2D eigenvalue weighted by atomic mass is 10.3. The summed E-state index contributed by atoms with van der Waals surface area (Å²) in [6.07, 6.45) is 2.61. The first-order valence-corrected chi connectivity index (χ1v) is 9.98. The number of hydrogen-bond acceptors (Lipinski definition) is 4. The van der Waals surface area contributed by atoms with Crippen molar-refractivity contribution in [3.05, 3.63) is 35.8 Å². The Balaban J connectivity index is 0.00000225. The highest BCUT2D eigenvalue weighted by Gasteiger charge is 2.28. The van der Waals surface area contributed by atoms with Gasteiger partial charge >= 0.3 is 0 Å². The Hall–Kier alpha value is -1.36. The fourth-order valence-corrected chi connectivity index (χ4v) is 4.53. The van der Waals surface area contributed by atoms with Gasteiger partial charge in [-0.25, -0.2) is 18.4 Å². The first kappa shape index (κ1) is 20.0. The van der Waals surface area contributed by atoms with E-state index in [0.717, 1.165) is 23.6 Å². The smallest absolute Gasteiger partial charge is 0.191 e. The lowest BCUT2D eigenvalue weighted by Crippen LogP contribution is -2.44. The van der Waals surface area contributed by atoms with Gasteiger partial charge in [-0.3, -0.25) is 0 Å². The molecule has 1 saturated heterocycles. The van der Waals surface area contributed by atoms with Crippen LogP contribution in [0.25, 0.3) is 5.65 Å². The van der Waals surface area contributed by atoms with Crippen molar-refractivity contribution in [2.45, 2.75) is 32.9 Å². The van der Waals surface area contributed by atoms with Crippen molar-refractivity contribution in [1.29, 1.82) is 0 Å². The highest BCUT2D eigenvalue weighted by atomic mass is 127. The number of halogens is 1. The minimum absolute atomic E-state index is 0. The number of guanidine groups is 1. The van der Waals surface area contributed by atoms with E-state index in [9.17, 15) is 8.42 Å². The third kappa shape index (κ3) is 5.06. The Morgan fingerprint density at radius 2 is 2.24 bits per heavy atom. The van der Waals surface area contributed by atoms with E-state index in [4.69, 9.17) is 0 Å². The van der Waals surface area contributed by atoms with Gasteiger partial charge in [0.25, 0.3) is 0 Å². The molecule has 9 heteroatoms. The van der Waals surface area contributed by atoms with E-state index >= 15 is 0 Å². The number of nitrogens with zero attached hydrogens (tertiary/aromatic N) is 3. The van der Waals surface area contributed by atoms with Crippen LogP contribution < -0.4 is 10.6 Å². The van der Waals surface area contributed by atoms with Crippen LogP contribution in [-0.4, -0.2) is 47.9 Å². The van der Waals surface area contributed by atoms with Crippen molar-refractivity contribution in [2.24, 2.45) is 4.99 Å². The standard InChI is InChI=1S/C16H23N5O2S.HI/c1-3-17-16(20-13-7-8-24(22,23)11-13)18-9-14-10-21-12(2)5-4-6-15(21)19-14;/h4-6,10,13H,3,7-9,11H2,1-2H3,(H2,17,18,20);1H. The summed E-state index contributed by atoms with van der Waals surface area (Å²) < 4.78 is 25.2. The summed E-state index contributed by atoms with van der Waals surface area (Å²) in [6.45, 7) is 5.18. The number of aromatic nitrogens is 2. The number of rotatable bonds is 4. The molecule has 7 nitrogen and oxygen atoms in total. The molecule has 2 aromatic heterocycles. The van der Waals surface area contributed by atoms with Crippen molar-refractivity contribution in [3.63, 3.8) is 0 Å². The maximum Gasteiger partial charge on any atom is 0.191 e. The monoisotopic (exact) mass is 477 g/mol. The topological polar surface area (TPSA) is 87.9 Å². The van der Waals surface area contributed by atoms with E-state index in [1.165, 1.54) is 0 Å². The zero-order valence-electron chi connectivity index (χ0n) is 14.4. The van der Waals surface area contributed by atoms with Gasteiger partial charge in [0.1, 0.15) is 5.65 Å². The van der Waals surface area contributed by atoms with Crippen molar-refractivity contribution >= 4 is 45.4 Å². The Labute approximate surface area is 165 Å². The highest BCUT2D eigenvalue weighted by Crippen LogP contribution is 2.12. The van der Waals surface area contributed by atoms with Crippen molar-refractivity contribution in [3.8, 4) is 0 Å². The van der Waals surface area contributed by atoms with Crippen LogP contribution in [0.2, 0.25) is 0 Å². The minimum atomic E-state index is -2.91. The number of hydrogen-bond donors (Lipinski definition) is 2. The average Bonchev–Trinajstić information content (AvgIpc) is 3.09. The van der Waals surface area contributed by atoms with Crippen LogP contribution in [-0.2, 0) is 16.4 Å². The number of sulfone groups is 1. The van der Waals surface area contributed by atoms with Crippen LogP contribution in [0.1, 0.15) is 24.7 Å². The Morgan fingerprint density at radius 1 is 1.44 bits per heavy atom. The van der Waals surface area contributed by atoms with Gasteiger partial charge in [0, 0.05) is 24.5 Å². The third-order valence-electron chi connectivity index (χ3n) is 4.06. The zero-order chi connectivity index (χ0) is 17.2. The van der Waals surface area contributed by atoms with Crippen LogP contribution in [0, 0.1) is 6.92 Å². The summed E-state index contributed by atoms with van der Waals surface area (Å²) in [6, 6.07) is 5.91. The van der Waals surface area contributed by atoms with Crippen LogP contribution in [0.4, 0.5) is 0 Å². The molecule has 0 bridgehead atoms. The molecule has 1 fully saturated rings. The number of aryl methyl sites for hydroxylation is 1. The summed E-state index contributed by atoms with van der Waals surface area (Å²) in [7, 11) is -2.91. The SMILES string of the molecule is CCNC(=NCc1cn2c(C)cccc2n1)NC1CCS(=O)(=O)C1.I. The second-order valence-electron chi connectivity index (χ2n) is 6.07. The summed E-state index contributed by atoms with van der Waals surface area (Å²) in [5.74, 6) is 1.05. The van der Waals surface area contributed by atoms with Gasteiger partial charge in [-0.05, 0) is 32.4 Å². The van der Waals surface area contributed by atoms with Gasteiger partial charge in [-0.2, -0.15) is 0 Å². The maximum absolute atomic E-state index is 11.6. The van der Waals surface area contributed by atoms with Gasteiger partial charge < -0.3 is 15.0 Å². The molecule has 0 radical (unpaired) electrons. The zero-order valence-corrected chi connectivity index (χ0v) is 17.5. The largest absolute Gasteiger partial charge is 0.357 e. The Kier molecular flexibility index (Phi) is 6.66. The van der Waals surface area contributed by atoms with E-state index in [0.29, 0.717) is 18.9 Å². The van der Waals surface area contributed by atoms with Crippen molar-refractivity contribution < 1.29 is 8.42 Å². The lowest BCUT2D eigenvalue weighted by Gasteiger charge is -2.15. The quantitative estimate of drug-likeness (QED) is 0.396. The van der Waals surface area contributed by atoms with Crippen LogP contribution in [0.5, 0.6) is 0 Å². The number of imidazole rings is 1. The molecular formula is C16H24IN5O2S. The second-order valence-corrected chi connectivity index (χ2v) is 8.30. The van der Waals surface area contributed by atoms with E-state index in [1.54, 1.807) is 0 Å². The third-order valence-corrected chi connectivity index (χ3v) is 5.83. The Morgan fingerprint density at radius 3 is 2.88 bits per heavy atom. The molecule has 0 amide bonds. The van der Waals surface area contributed by atoms with E-state index in [1.807, 2.05) is 42.6 Å². The molecule has 0 aliphatic carbocycles. The molecule has 1 aliphatic heterocycles. The van der Waals surface area contributed by atoms with E-state index in [2.05, 4.69) is 20.6 Å². The average molecular weight is 477 g/mol. The molecule has 3 rings (SSSR count). The molecule has 1 atom stereocenters. The van der Waals surface area contributed by atoms with Crippen molar-refractivity contribution in [2.75, 3.05) is 18.1 Å². The number of pyridine rings is 1. The summed E-state index contributed by atoms with van der Waals surface area (Å²) >= 11 is 0. The molecule has 0 aromatic carbocycles. The highest BCUT2D eigenvalue weighted by molar-refractivity contribution is 14.0. The predicted octanol–water partition coefficient (Wildman–Crippen LogP) is 1.50. The normalized spacial score (nSPS) is 19.6. The molecule has 2 aromatic rings. The summed E-state index contributed by atoms with van der Waals surface area (Å²) in [4.78, 5) is 9.11. The molecule has 0 spiro atoms. The van der Waals surface area contributed by atoms with Crippen molar-refractivity contribution in [1.82, 2.24) is 20.0 Å². The van der Waals surface area contributed by atoms with Crippen LogP contribution in [0.3, 0.4) is 0 Å². The van der Waals surface area contributed by atoms with Crippen LogP contribution >= 0.6 is 24.0 Å². The molecule has 138 valence electrons. The maximum atomic E-state index is 11.6. The molecular weight excluding hydrogens is 453 g/mol. The predicted molar refractivity (Wildman–Crippen MR) is 110 cm³/mol. The first-order chi connectivity index (χ1) is 11.5. The first-order valence-electron chi connectivity index (χ1n) is 8.16. The van der Waals surface area contributed by atoms with Gasteiger partial charge in [0.15, 0.2) is 15.8 Å². The van der Waals surface area contributed by atoms with Gasteiger partial charge in [0.05, 0.1) is 23.7 Å². The molecule has 1 unspecified atom stereocenters. The molecule has 2 N–H and O–H groups in total.